The van der Waals surface area contributed by atoms with Crippen LogP contribution in [0, 0.1) is 6.92 Å². The minimum Gasteiger partial charge on any atom is -0.468 e. The molecule has 0 radical (unpaired) electrons. The summed E-state index contributed by atoms with van der Waals surface area (Å²) in [5.74, 6) is 1.61. The summed E-state index contributed by atoms with van der Waals surface area (Å²) in [5.41, 5.74) is 7.03. The van der Waals surface area contributed by atoms with Gasteiger partial charge in [0.05, 0.1) is 6.26 Å². The third-order valence-electron chi connectivity index (χ3n) is 2.59. The van der Waals surface area contributed by atoms with Crippen molar-refractivity contribution in [2.45, 2.75) is 18.2 Å². The number of amides is 1. The molecule has 0 aliphatic carbocycles. The van der Waals surface area contributed by atoms with E-state index in [1.54, 1.807) is 42.3 Å². The number of nitrogens with two attached hydrogens (primary N) is 1. The van der Waals surface area contributed by atoms with Crippen LogP contribution in [0.15, 0.2) is 45.9 Å². The summed E-state index contributed by atoms with van der Waals surface area (Å²) in [7, 11) is 0. The fourth-order valence-electron chi connectivity index (χ4n) is 1.57. The first kappa shape index (κ1) is 13.5. The molecule has 0 aliphatic rings. The molecule has 0 unspecified atom stereocenters. The number of furan rings is 1. The highest BCUT2D eigenvalue weighted by Gasteiger charge is 2.05. The van der Waals surface area contributed by atoms with Gasteiger partial charge < -0.3 is 15.5 Å². The average molecular weight is 276 g/mol. The Labute approximate surface area is 116 Å². The Bertz CT molecular complexity index is 549. The molecule has 0 fully saturated rings. The molecule has 0 spiro atoms. The maximum absolute atomic E-state index is 11.7. The molecule has 1 heterocycles. The van der Waals surface area contributed by atoms with Crippen LogP contribution in [-0.4, -0.2) is 11.7 Å². The van der Waals surface area contributed by atoms with Crippen molar-refractivity contribution >= 4 is 29.0 Å². The van der Waals surface area contributed by atoms with Gasteiger partial charge >= 0.3 is 0 Å². The lowest BCUT2D eigenvalue weighted by molar-refractivity contribution is -0.115. The number of aryl methyl sites for hydroxylation is 1. The lowest BCUT2D eigenvalue weighted by Crippen LogP contribution is -2.12. The number of carbonyl (C=O) groups is 1. The smallest absolute Gasteiger partial charge is 0.225 e. The summed E-state index contributed by atoms with van der Waals surface area (Å²) in [6.07, 6.45) is 2.12. The van der Waals surface area contributed by atoms with Gasteiger partial charge in [0, 0.05) is 28.4 Å². The summed E-state index contributed by atoms with van der Waals surface area (Å²) >= 11 is 1.62. The number of hydrogen-bond donors (Lipinski definition) is 2. The van der Waals surface area contributed by atoms with Crippen molar-refractivity contribution in [3.05, 3.63) is 42.4 Å². The predicted octanol–water partition coefficient (Wildman–Crippen LogP) is 3.29. The van der Waals surface area contributed by atoms with E-state index >= 15 is 0 Å². The van der Waals surface area contributed by atoms with Crippen LogP contribution in [0.4, 0.5) is 11.4 Å². The Hall–Kier alpha value is -1.88. The molecule has 2 aromatic rings. The van der Waals surface area contributed by atoms with Gasteiger partial charge in [-0.15, -0.1) is 11.8 Å². The number of nitrogen functional groups attached to an aromatic ring is 1. The molecule has 0 saturated heterocycles. The van der Waals surface area contributed by atoms with Crippen LogP contribution in [-0.2, 0) is 4.79 Å². The molecular weight excluding hydrogens is 260 g/mol. The van der Waals surface area contributed by atoms with Gasteiger partial charge in [-0.25, -0.2) is 0 Å². The van der Waals surface area contributed by atoms with E-state index in [-0.39, 0.29) is 5.91 Å². The largest absolute Gasteiger partial charge is 0.468 e. The Balaban J connectivity index is 1.76. The van der Waals surface area contributed by atoms with E-state index in [4.69, 9.17) is 10.2 Å². The van der Waals surface area contributed by atoms with E-state index in [2.05, 4.69) is 5.32 Å². The Morgan fingerprint density at radius 3 is 2.68 bits per heavy atom. The van der Waals surface area contributed by atoms with Crippen LogP contribution in [0.3, 0.4) is 0 Å². The van der Waals surface area contributed by atoms with E-state index in [0.29, 0.717) is 12.1 Å². The lowest BCUT2D eigenvalue weighted by Gasteiger charge is -2.05. The maximum Gasteiger partial charge on any atom is 0.225 e. The predicted molar refractivity (Wildman–Crippen MR) is 78.3 cm³/mol. The summed E-state index contributed by atoms with van der Waals surface area (Å²) in [6.45, 7) is 1.91. The maximum atomic E-state index is 11.7. The van der Waals surface area contributed by atoms with Crippen LogP contribution in [0.2, 0.25) is 0 Å². The quantitative estimate of drug-likeness (QED) is 0.649. The first-order valence-electron chi connectivity index (χ1n) is 5.97. The number of carbonyl (C=O) groups excluding carboxylic acids is 1. The standard InChI is InChI=1S/C14H16N2O2S/c1-10-13(6-8-18-10)19-9-7-14(17)16-12-4-2-11(15)3-5-12/h2-6,8H,7,9,15H2,1H3,(H,16,17). The van der Waals surface area contributed by atoms with Crippen LogP contribution < -0.4 is 11.1 Å². The number of rotatable bonds is 5. The second-order valence-electron chi connectivity index (χ2n) is 4.11. The number of nitrogens with one attached hydrogen (secondary N) is 1. The van der Waals surface area contributed by atoms with Crippen LogP contribution >= 0.6 is 11.8 Å². The van der Waals surface area contributed by atoms with Crippen LogP contribution in [0.25, 0.3) is 0 Å². The minimum atomic E-state index is -0.00146. The van der Waals surface area contributed by atoms with Gasteiger partial charge in [0.25, 0.3) is 0 Å². The molecule has 0 atom stereocenters. The number of anilines is 2. The third-order valence-corrected chi connectivity index (χ3v) is 3.74. The third kappa shape index (κ3) is 4.06. The zero-order valence-electron chi connectivity index (χ0n) is 10.7. The second-order valence-corrected chi connectivity index (χ2v) is 5.25. The Morgan fingerprint density at radius 1 is 1.32 bits per heavy atom. The lowest BCUT2D eigenvalue weighted by atomic mass is 10.3. The summed E-state index contributed by atoms with van der Waals surface area (Å²) in [6, 6.07) is 9.03. The first-order chi connectivity index (χ1) is 9.15. The molecule has 100 valence electrons. The highest BCUT2D eigenvalue weighted by Crippen LogP contribution is 2.23. The molecule has 0 aliphatic heterocycles. The highest BCUT2D eigenvalue weighted by atomic mass is 32.2. The van der Waals surface area contributed by atoms with Gasteiger partial charge in [-0.3, -0.25) is 4.79 Å². The molecule has 1 aromatic carbocycles. The van der Waals surface area contributed by atoms with Crippen LogP contribution in [0.5, 0.6) is 0 Å². The molecule has 0 saturated carbocycles. The number of thioether (sulfide) groups is 1. The summed E-state index contributed by atoms with van der Waals surface area (Å²) in [5, 5.41) is 2.83. The molecule has 1 amide bonds. The fraction of sp³-hybridized carbons (Fsp3) is 0.214. The second kappa shape index (κ2) is 6.33. The zero-order valence-corrected chi connectivity index (χ0v) is 11.5. The molecule has 5 heteroatoms. The van der Waals surface area contributed by atoms with Crippen molar-refractivity contribution in [2.24, 2.45) is 0 Å². The van der Waals surface area contributed by atoms with E-state index in [0.717, 1.165) is 22.1 Å². The van der Waals surface area contributed by atoms with Crippen molar-refractivity contribution in [2.75, 3.05) is 16.8 Å². The number of hydrogen-bond acceptors (Lipinski definition) is 4. The van der Waals surface area contributed by atoms with Gasteiger partial charge in [-0.05, 0) is 37.3 Å². The Kier molecular flexibility index (Phi) is 4.52. The van der Waals surface area contributed by atoms with Gasteiger partial charge in [0.15, 0.2) is 0 Å². The first-order valence-corrected chi connectivity index (χ1v) is 6.96. The molecule has 3 N–H and O–H groups in total. The summed E-state index contributed by atoms with van der Waals surface area (Å²) < 4.78 is 5.20. The van der Waals surface area contributed by atoms with Crippen molar-refractivity contribution < 1.29 is 9.21 Å². The van der Waals surface area contributed by atoms with Crippen molar-refractivity contribution in [3.8, 4) is 0 Å². The fourth-order valence-corrected chi connectivity index (χ4v) is 2.48. The molecule has 4 nitrogen and oxygen atoms in total. The van der Waals surface area contributed by atoms with E-state index < -0.39 is 0 Å². The molecular formula is C14H16N2O2S. The van der Waals surface area contributed by atoms with Gasteiger partial charge in [0.1, 0.15) is 5.76 Å². The molecule has 0 bridgehead atoms. The molecule has 1 aromatic heterocycles. The van der Waals surface area contributed by atoms with Gasteiger partial charge in [-0.2, -0.15) is 0 Å². The minimum absolute atomic E-state index is 0.00146. The number of benzene rings is 1. The monoisotopic (exact) mass is 276 g/mol. The van der Waals surface area contributed by atoms with Crippen LogP contribution in [0.1, 0.15) is 12.2 Å². The SMILES string of the molecule is Cc1occc1SCCC(=O)Nc1ccc(N)cc1. The normalized spacial score (nSPS) is 10.4. The van der Waals surface area contributed by atoms with Gasteiger partial charge in [-0.1, -0.05) is 0 Å². The molecule has 2 rings (SSSR count). The average Bonchev–Trinajstić information content (AvgIpc) is 2.78. The van der Waals surface area contributed by atoms with Crippen molar-refractivity contribution in [3.63, 3.8) is 0 Å². The highest BCUT2D eigenvalue weighted by molar-refractivity contribution is 7.99. The zero-order chi connectivity index (χ0) is 13.7. The molecule has 19 heavy (non-hydrogen) atoms. The summed E-state index contributed by atoms with van der Waals surface area (Å²) in [4.78, 5) is 12.8. The van der Waals surface area contributed by atoms with E-state index in [1.165, 1.54) is 0 Å². The van der Waals surface area contributed by atoms with E-state index in [1.807, 2.05) is 13.0 Å². The topological polar surface area (TPSA) is 68.3 Å². The van der Waals surface area contributed by atoms with E-state index in [9.17, 15) is 4.79 Å². The Morgan fingerprint density at radius 2 is 2.05 bits per heavy atom. The van der Waals surface area contributed by atoms with Crippen molar-refractivity contribution in [1.82, 2.24) is 0 Å². The van der Waals surface area contributed by atoms with Crippen molar-refractivity contribution in [1.29, 1.82) is 0 Å². The van der Waals surface area contributed by atoms with Gasteiger partial charge in [0.2, 0.25) is 5.91 Å².